The lowest BCUT2D eigenvalue weighted by Crippen LogP contribution is -2.35. The predicted octanol–water partition coefficient (Wildman–Crippen LogP) is 4.73. The fourth-order valence-electron chi connectivity index (χ4n) is 2.93. The molecule has 0 amide bonds. The summed E-state index contributed by atoms with van der Waals surface area (Å²) in [6.45, 7) is 2.21. The first-order chi connectivity index (χ1) is 10.8. The van der Waals surface area contributed by atoms with Crippen molar-refractivity contribution in [2.45, 2.75) is 6.92 Å². The lowest BCUT2D eigenvalue weighted by molar-refractivity contribution is 1.46. The van der Waals surface area contributed by atoms with Crippen molar-refractivity contribution in [1.82, 2.24) is 0 Å². The average molecular weight is 284 g/mol. The molecule has 22 heavy (non-hydrogen) atoms. The van der Waals surface area contributed by atoms with Crippen LogP contribution in [-0.4, -0.2) is 6.98 Å². The zero-order chi connectivity index (χ0) is 14.9. The highest BCUT2D eigenvalue weighted by Gasteiger charge is 2.20. The summed E-state index contributed by atoms with van der Waals surface area (Å²) in [4.78, 5) is 0. The lowest BCUT2D eigenvalue weighted by Gasteiger charge is -2.24. The van der Waals surface area contributed by atoms with Crippen molar-refractivity contribution in [2.24, 2.45) is 0 Å². The van der Waals surface area contributed by atoms with Gasteiger partial charge in [-0.15, -0.1) is 0 Å². The Morgan fingerprint density at radius 1 is 0.818 bits per heavy atom. The Balaban J connectivity index is 1.63. The van der Waals surface area contributed by atoms with E-state index < -0.39 is 0 Å². The standard InChI is InChI=1S/C19H17BN2/c1-14-8-10-15(11-9-14)12-13-20-21-17-6-2-4-16-5-3-7-18(22-20)19(16)17/h2-13,21-22H,1H3/b13-12+. The van der Waals surface area contributed by atoms with E-state index in [4.69, 9.17) is 0 Å². The zero-order valence-electron chi connectivity index (χ0n) is 12.5. The van der Waals surface area contributed by atoms with Gasteiger partial charge in [0.1, 0.15) is 0 Å². The average Bonchev–Trinajstić information content (AvgIpc) is 2.55. The highest BCUT2D eigenvalue weighted by atomic mass is 15.0. The van der Waals surface area contributed by atoms with Gasteiger partial charge in [0.15, 0.2) is 0 Å². The summed E-state index contributed by atoms with van der Waals surface area (Å²) in [5.74, 6) is 2.17. The molecule has 0 saturated carbocycles. The van der Waals surface area contributed by atoms with E-state index in [2.05, 4.69) is 90.1 Å². The molecule has 3 aromatic rings. The van der Waals surface area contributed by atoms with Crippen LogP contribution in [0.5, 0.6) is 0 Å². The molecular formula is C19H17BN2. The third kappa shape index (κ3) is 2.35. The fourth-order valence-corrected chi connectivity index (χ4v) is 2.93. The van der Waals surface area contributed by atoms with Gasteiger partial charge >= 0.3 is 6.98 Å². The van der Waals surface area contributed by atoms with Crippen molar-refractivity contribution in [1.29, 1.82) is 0 Å². The highest BCUT2D eigenvalue weighted by Crippen LogP contribution is 2.33. The third-order valence-corrected chi connectivity index (χ3v) is 4.09. The van der Waals surface area contributed by atoms with Gasteiger partial charge < -0.3 is 10.5 Å². The van der Waals surface area contributed by atoms with Crippen molar-refractivity contribution in [3.63, 3.8) is 0 Å². The van der Waals surface area contributed by atoms with Crippen LogP contribution in [0.3, 0.4) is 0 Å². The first-order valence-electron chi connectivity index (χ1n) is 7.59. The van der Waals surface area contributed by atoms with Crippen LogP contribution in [0, 0.1) is 6.92 Å². The maximum Gasteiger partial charge on any atom is 0.398 e. The molecule has 4 rings (SSSR count). The van der Waals surface area contributed by atoms with E-state index in [-0.39, 0.29) is 6.98 Å². The minimum Gasteiger partial charge on any atom is -0.405 e. The van der Waals surface area contributed by atoms with Crippen LogP contribution < -0.4 is 10.5 Å². The molecule has 3 heteroatoms. The second kappa shape index (κ2) is 5.26. The van der Waals surface area contributed by atoms with Gasteiger partial charge in [0.05, 0.1) is 0 Å². The molecule has 0 spiro atoms. The number of benzene rings is 3. The third-order valence-electron chi connectivity index (χ3n) is 4.09. The molecule has 1 aliphatic rings. The van der Waals surface area contributed by atoms with E-state index in [1.807, 2.05) is 0 Å². The molecule has 106 valence electrons. The van der Waals surface area contributed by atoms with Gasteiger partial charge in [0.2, 0.25) is 0 Å². The van der Waals surface area contributed by atoms with Crippen LogP contribution in [0.2, 0.25) is 0 Å². The Morgan fingerprint density at radius 2 is 1.45 bits per heavy atom. The number of rotatable bonds is 2. The van der Waals surface area contributed by atoms with E-state index >= 15 is 0 Å². The van der Waals surface area contributed by atoms with Gasteiger partial charge in [0.25, 0.3) is 0 Å². The van der Waals surface area contributed by atoms with Crippen LogP contribution in [-0.2, 0) is 0 Å². The Morgan fingerprint density at radius 3 is 2.09 bits per heavy atom. The monoisotopic (exact) mass is 284 g/mol. The molecule has 0 fully saturated rings. The van der Waals surface area contributed by atoms with Crippen molar-refractivity contribution in [2.75, 3.05) is 10.5 Å². The Kier molecular flexibility index (Phi) is 3.12. The molecule has 2 nitrogen and oxygen atoms in total. The van der Waals surface area contributed by atoms with Gasteiger partial charge in [-0.2, -0.15) is 0 Å². The number of hydrogen-bond donors (Lipinski definition) is 2. The maximum atomic E-state index is 3.54. The molecule has 1 aliphatic heterocycles. The van der Waals surface area contributed by atoms with Crippen molar-refractivity contribution in [3.8, 4) is 0 Å². The molecule has 0 aliphatic carbocycles. The van der Waals surface area contributed by atoms with Crippen LogP contribution in [0.4, 0.5) is 11.4 Å². The van der Waals surface area contributed by atoms with Gasteiger partial charge in [-0.1, -0.05) is 66.1 Å². The Labute approximate surface area is 131 Å². The Bertz CT molecular complexity index is 812. The summed E-state index contributed by atoms with van der Waals surface area (Å²) in [6.07, 6.45) is 2.15. The lowest BCUT2D eigenvalue weighted by atomic mass is 9.73. The molecule has 0 aromatic heterocycles. The van der Waals surface area contributed by atoms with Gasteiger partial charge in [-0.25, -0.2) is 0 Å². The second-order valence-corrected chi connectivity index (χ2v) is 5.75. The van der Waals surface area contributed by atoms with Gasteiger partial charge in [0, 0.05) is 16.8 Å². The number of anilines is 2. The summed E-state index contributed by atoms with van der Waals surface area (Å²) in [6, 6.07) is 21.3. The summed E-state index contributed by atoms with van der Waals surface area (Å²) in [7, 11) is 0. The van der Waals surface area contributed by atoms with E-state index in [9.17, 15) is 0 Å². The summed E-state index contributed by atoms with van der Waals surface area (Å²) in [5.41, 5.74) is 4.87. The molecule has 0 radical (unpaired) electrons. The smallest absolute Gasteiger partial charge is 0.398 e. The van der Waals surface area contributed by atoms with Crippen molar-refractivity contribution in [3.05, 3.63) is 77.8 Å². The number of hydrogen-bond acceptors (Lipinski definition) is 2. The summed E-state index contributed by atoms with van der Waals surface area (Å²) >= 11 is 0. The molecule has 2 N–H and O–H groups in total. The second-order valence-electron chi connectivity index (χ2n) is 5.75. The minimum absolute atomic E-state index is 0.0989. The maximum absolute atomic E-state index is 3.54. The van der Waals surface area contributed by atoms with E-state index in [0.717, 1.165) is 0 Å². The highest BCUT2D eigenvalue weighted by molar-refractivity contribution is 6.73. The van der Waals surface area contributed by atoms with Gasteiger partial charge in [-0.3, -0.25) is 0 Å². The van der Waals surface area contributed by atoms with Crippen molar-refractivity contribution >= 4 is 35.2 Å². The predicted molar refractivity (Wildman–Crippen MR) is 97.2 cm³/mol. The number of aryl methyl sites for hydroxylation is 1. The normalized spacial score (nSPS) is 13.2. The Hall–Kier alpha value is -2.68. The quantitative estimate of drug-likeness (QED) is 0.665. The molecule has 1 heterocycles. The van der Waals surface area contributed by atoms with Crippen LogP contribution in [0.15, 0.2) is 66.6 Å². The minimum atomic E-state index is 0.0989. The first-order valence-corrected chi connectivity index (χ1v) is 7.59. The summed E-state index contributed by atoms with van der Waals surface area (Å²) < 4.78 is 0. The molecular weight excluding hydrogens is 267 g/mol. The van der Waals surface area contributed by atoms with Crippen LogP contribution >= 0.6 is 0 Å². The summed E-state index contributed by atoms with van der Waals surface area (Å²) in [5, 5.41) is 9.62. The van der Waals surface area contributed by atoms with E-state index in [1.165, 1.54) is 33.3 Å². The SMILES string of the molecule is Cc1ccc(/C=C/B2Nc3cccc4cccc(c34)N2)cc1. The van der Waals surface area contributed by atoms with E-state index in [0.29, 0.717) is 0 Å². The molecule has 0 atom stereocenters. The number of nitrogens with one attached hydrogen (secondary N) is 2. The zero-order valence-corrected chi connectivity index (χ0v) is 12.5. The van der Waals surface area contributed by atoms with E-state index in [1.54, 1.807) is 0 Å². The largest absolute Gasteiger partial charge is 0.405 e. The molecule has 0 bridgehead atoms. The van der Waals surface area contributed by atoms with Gasteiger partial charge in [-0.05, 0) is 30.0 Å². The van der Waals surface area contributed by atoms with Crippen molar-refractivity contribution < 1.29 is 0 Å². The topological polar surface area (TPSA) is 24.1 Å². The molecule has 3 aromatic carbocycles. The molecule has 0 saturated heterocycles. The van der Waals surface area contributed by atoms with Crippen LogP contribution in [0.1, 0.15) is 11.1 Å². The van der Waals surface area contributed by atoms with Crippen LogP contribution in [0.25, 0.3) is 16.8 Å². The molecule has 0 unspecified atom stereocenters. The first kappa shape index (κ1) is 13.0. The fraction of sp³-hybridized carbons (Fsp3) is 0.0526.